The predicted octanol–water partition coefficient (Wildman–Crippen LogP) is 2.85. The topological polar surface area (TPSA) is 17.1 Å². The molecule has 0 unspecified atom stereocenters. The highest BCUT2D eigenvalue weighted by atomic mass is 16.1. The van der Waals surface area contributed by atoms with Gasteiger partial charge in [0.15, 0.2) is 0 Å². The Labute approximate surface area is 86.1 Å². The fourth-order valence-electron chi connectivity index (χ4n) is 1.63. The van der Waals surface area contributed by atoms with E-state index in [0.717, 1.165) is 12.0 Å². The van der Waals surface area contributed by atoms with Gasteiger partial charge in [-0.05, 0) is 36.0 Å². The summed E-state index contributed by atoms with van der Waals surface area (Å²) in [6, 6.07) is 6.32. The first-order valence-corrected chi connectivity index (χ1v) is 5.07. The first-order chi connectivity index (χ1) is 6.63. The fraction of sp³-hybridized carbons (Fsp3) is 0.462. The molecular formula is C13H17O. The van der Waals surface area contributed by atoms with Crippen LogP contribution >= 0.6 is 0 Å². The first-order valence-electron chi connectivity index (χ1n) is 5.07. The van der Waals surface area contributed by atoms with Crippen LogP contribution in [0, 0.1) is 12.8 Å². The largest absolute Gasteiger partial charge is 0.291 e. The molecule has 0 saturated carbocycles. The zero-order valence-electron chi connectivity index (χ0n) is 9.13. The maximum atomic E-state index is 10.3. The Kier molecular flexibility index (Phi) is 3.87. The second kappa shape index (κ2) is 4.94. The van der Waals surface area contributed by atoms with Gasteiger partial charge in [0, 0.05) is 6.42 Å². The number of hydrogen-bond acceptors (Lipinski definition) is 1. The Bertz CT molecular complexity index is 313. The van der Waals surface area contributed by atoms with Crippen LogP contribution in [-0.4, -0.2) is 6.29 Å². The highest BCUT2D eigenvalue weighted by Crippen LogP contribution is 2.14. The normalized spacial score (nSPS) is 10.6. The second-order valence-electron chi connectivity index (χ2n) is 4.18. The summed E-state index contributed by atoms with van der Waals surface area (Å²) in [7, 11) is 0. The zero-order chi connectivity index (χ0) is 10.6. The van der Waals surface area contributed by atoms with E-state index in [0.29, 0.717) is 12.3 Å². The Hall–Kier alpha value is -1.11. The molecule has 0 aromatic heterocycles. The molecule has 0 aliphatic heterocycles. The van der Waals surface area contributed by atoms with Gasteiger partial charge in [-0.2, -0.15) is 0 Å². The minimum Gasteiger partial charge on any atom is -0.291 e. The van der Waals surface area contributed by atoms with E-state index in [1.807, 2.05) is 12.4 Å². The Balaban J connectivity index is 2.83. The number of hydrogen-bond donors (Lipinski definition) is 0. The molecule has 1 radical (unpaired) electrons. The van der Waals surface area contributed by atoms with Crippen molar-refractivity contribution in [2.75, 3.05) is 0 Å². The summed E-state index contributed by atoms with van der Waals surface area (Å²) >= 11 is 0. The smallest absolute Gasteiger partial charge is 0.203 e. The summed E-state index contributed by atoms with van der Waals surface area (Å²) in [5.41, 5.74) is 3.64. The third-order valence-corrected chi connectivity index (χ3v) is 2.31. The van der Waals surface area contributed by atoms with E-state index in [9.17, 15) is 4.79 Å². The lowest BCUT2D eigenvalue weighted by Gasteiger charge is -2.08. The van der Waals surface area contributed by atoms with Crippen molar-refractivity contribution in [1.29, 1.82) is 0 Å². The lowest BCUT2D eigenvalue weighted by atomic mass is 9.97. The maximum absolute atomic E-state index is 10.3. The minimum absolute atomic E-state index is 0.411. The number of benzene rings is 1. The van der Waals surface area contributed by atoms with Gasteiger partial charge in [-0.1, -0.05) is 32.0 Å². The van der Waals surface area contributed by atoms with Crippen molar-refractivity contribution in [3.05, 3.63) is 34.9 Å². The molecule has 0 N–H and O–H groups in total. The van der Waals surface area contributed by atoms with Crippen molar-refractivity contribution in [2.45, 2.75) is 33.6 Å². The van der Waals surface area contributed by atoms with Crippen LogP contribution in [0.1, 0.15) is 30.5 Å². The van der Waals surface area contributed by atoms with E-state index in [2.05, 4.69) is 32.9 Å². The summed E-state index contributed by atoms with van der Waals surface area (Å²) in [6.07, 6.45) is 3.45. The quantitative estimate of drug-likeness (QED) is 0.711. The molecule has 0 atom stereocenters. The van der Waals surface area contributed by atoms with Crippen LogP contribution in [0.2, 0.25) is 0 Å². The molecule has 14 heavy (non-hydrogen) atoms. The van der Waals surface area contributed by atoms with Crippen LogP contribution in [0.25, 0.3) is 0 Å². The van der Waals surface area contributed by atoms with Gasteiger partial charge >= 0.3 is 0 Å². The summed E-state index contributed by atoms with van der Waals surface area (Å²) in [6.45, 7) is 6.47. The molecule has 1 heteroatoms. The van der Waals surface area contributed by atoms with Crippen LogP contribution in [0.3, 0.4) is 0 Å². The van der Waals surface area contributed by atoms with Gasteiger partial charge in [0.05, 0.1) is 0 Å². The van der Waals surface area contributed by atoms with Crippen molar-refractivity contribution in [3.8, 4) is 0 Å². The molecule has 0 fully saturated rings. The van der Waals surface area contributed by atoms with Crippen molar-refractivity contribution >= 4 is 6.29 Å². The molecule has 1 rings (SSSR count). The monoisotopic (exact) mass is 189 g/mol. The van der Waals surface area contributed by atoms with E-state index in [-0.39, 0.29) is 0 Å². The molecular weight excluding hydrogens is 172 g/mol. The van der Waals surface area contributed by atoms with E-state index < -0.39 is 0 Å². The molecule has 0 spiro atoms. The Morgan fingerprint density at radius 1 is 1.36 bits per heavy atom. The van der Waals surface area contributed by atoms with Crippen molar-refractivity contribution < 1.29 is 4.79 Å². The van der Waals surface area contributed by atoms with Gasteiger partial charge in [0.2, 0.25) is 6.29 Å². The Morgan fingerprint density at radius 2 is 2.07 bits per heavy atom. The highest BCUT2D eigenvalue weighted by molar-refractivity contribution is 5.57. The van der Waals surface area contributed by atoms with E-state index in [4.69, 9.17) is 0 Å². The average molecular weight is 189 g/mol. The molecule has 1 aromatic rings. The maximum Gasteiger partial charge on any atom is 0.203 e. The second-order valence-corrected chi connectivity index (χ2v) is 4.18. The van der Waals surface area contributed by atoms with E-state index >= 15 is 0 Å². The summed E-state index contributed by atoms with van der Waals surface area (Å²) in [5, 5.41) is 0. The molecule has 0 amide bonds. The van der Waals surface area contributed by atoms with Gasteiger partial charge in [-0.3, -0.25) is 4.79 Å². The highest BCUT2D eigenvalue weighted by Gasteiger charge is 2.01. The van der Waals surface area contributed by atoms with Crippen molar-refractivity contribution in [2.24, 2.45) is 5.92 Å². The van der Waals surface area contributed by atoms with Gasteiger partial charge in [0.25, 0.3) is 0 Å². The fourth-order valence-corrected chi connectivity index (χ4v) is 1.63. The lowest BCUT2D eigenvalue weighted by molar-refractivity contribution is 0.555. The van der Waals surface area contributed by atoms with Crippen molar-refractivity contribution in [3.63, 3.8) is 0 Å². The molecule has 0 heterocycles. The molecule has 0 bridgehead atoms. The average Bonchev–Trinajstić information content (AvgIpc) is 2.09. The molecule has 0 aliphatic carbocycles. The van der Waals surface area contributed by atoms with Gasteiger partial charge in [0.1, 0.15) is 0 Å². The lowest BCUT2D eigenvalue weighted by Crippen LogP contribution is -1.97. The molecule has 1 nitrogen and oxygen atoms in total. The van der Waals surface area contributed by atoms with Crippen LogP contribution in [0.5, 0.6) is 0 Å². The molecule has 0 saturated heterocycles. The number of carbonyl (C=O) groups excluding carboxylic acids is 1. The van der Waals surface area contributed by atoms with Crippen LogP contribution in [0.4, 0.5) is 0 Å². The summed E-state index contributed by atoms with van der Waals surface area (Å²) < 4.78 is 0. The summed E-state index contributed by atoms with van der Waals surface area (Å²) in [5.74, 6) is 0.679. The van der Waals surface area contributed by atoms with Gasteiger partial charge in [-0.15, -0.1) is 0 Å². The van der Waals surface area contributed by atoms with Gasteiger partial charge in [-0.25, -0.2) is 0 Å². The van der Waals surface area contributed by atoms with E-state index in [1.165, 1.54) is 11.1 Å². The molecule has 1 aromatic carbocycles. The minimum atomic E-state index is 0.411. The van der Waals surface area contributed by atoms with Crippen LogP contribution in [-0.2, 0) is 17.6 Å². The standard InChI is InChI=1S/C13H17O/c1-10(2)8-12-4-5-13(6-7-14)11(3)9-12/h4-5,9-10H,6,8H2,1-3H3. The predicted molar refractivity (Wildman–Crippen MR) is 59.1 cm³/mol. The molecule has 0 aliphatic rings. The molecule has 75 valence electrons. The summed E-state index contributed by atoms with van der Waals surface area (Å²) in [4.78, 5) is 10.3. The van der Waals surface area contributed by atoms with Crippen molar-refractivity contribution in [1.82, 2.24) is 0 Å². The van der Waals surface area contributed by atoms with Crippen LogP contribution < -0.4 is 0 Å². The number of aryl methyl sites for hydroxylation is 1. The van der Waals surface area contributed by atoms with Gasteiger partial charge < -0.3 is 0 Å². The van der Waals surface area contributed by atoms with E-state index in [1.54, 1.807) is 0 Å². The SMILES string of the molecule is Cc1cc(CC(C)C)ccc1C[C]=O. The Morgan fingerprint density at radius 3 is 2.57 bits per heavy atom. The van der Waals surface area contributed by atoms with Crippen LogP contribution in [0.15, 0.2) is 18.2 Å². The number of rotatable bonds is 4. The zero-order valence-corrected chi connectivity index (χ0v) is 9.13. The first kappa shape index (κ1) is 11.0. The third-order valence-electron chi connectivity index (χ3n) is 2.31. The third kappa shape index (κ3) is 2.99.